The van der Waals surface area contributed by atoms with E-state index >= 15 is 0 Å². The molecule has 0 radical (unpaired) electrons. The standard InChI is InChI=1S/C27H35NO/c1-19(2)17-25(29)18-20(3)27(28-6)22(5)26(24-15-11-8-12-16-24)21(4)23-13-9-7-10-14-23/h7-16,19-20,27-28H,4,17-18H2,1-3,5-6H3/b26-22+. The summed E-state index contributed by atoms with van der Waals surface area (Å²) in [6.45, 7) is 13.0. The normalized spacial score (nSPS) is 14.3. The maximum Gasteiger partial charge on any atom is 0.133 e. The maximum atomic E-state index is 12.4. The summed E-state index contributed by atoms with van der Waals surface area (Å²) in [7, 11) is 1.98. The predicted octanol–water partition coefficient (Wildman–Crippen LogP) is 6.40. The zero-order valence-electron chi connectivity index (χ0n) is 18.5. The van der Waals surface area contributed by atoms with E-state index in [1.54, 1.807) is 0 Å². The third-order valence-electron chi connectivity index (χ3n) is 5.41. The molecule has 0 amide bonds. The van der Waals surface area contributed by atoms with Gasteiger partial charge in [-0.3, -0.25) is 4.79 Å². The second-order valence-electron chi connectivity index (χ2n) is 8.35. The summed E-state index contributed by atoms with van der Waals surface area (Å²) in [6.07, 6.45) is 1.23. The molecular formula is C27H35NO. The van der Waals surface area contributed by atoms with E-state index < -0.39 is 0 Å². The van der Waals surface area contributed by atoms with Crippen molar-refractivity contribution < 1.29 is 4.79 Å². The Hall–Kier alpha value is -2.45. The fourth-order valence-corrected chi connectivity index (χ4v) is 4.13. The van der Waals surface area contributed by atoms with Crippen molar-refractivity contribution in [3.8, 4) is 0 Å². The first-order valence-corrected chi connectivity index (χ1v) is 10.5. The zero-order valence-corrected chi connectivity index (χ0v) is 18.5. The van der Waals surface area contributed by atoms with Gasteiger partial charge in [-0.1, -0.05) is 88.0 Å². The highest BCUT2D eigenvalue weighted by Gasteiger charge is 2.24. The van der Waals surface area contributed by atoms with Gasteiger partial charge < -0.3 is 5.32 Å². The molecule has 0 aliphatic rings. The molecule has 154 valence electrons. The van der Waals surface area contributed by atoms with Crippen LogP contribution < -0.4 is 5.32 Å². The van der Waals surface area contributed by atoms with Crippen LogP contribution in [0.2, 0.25) is 0 Å². The first-order chi connectivity index (χ1) is 13.8. The van der Waals surface area contributed by atoms with Crippen LogP contribution >= 0.6 is 0 Å². The Bertz CT molecular complexity index is 833. The first-order valence-electron chi connectivity index (χ1n) is 10.5. The monoisotopic (exact) mass is 389 g/mol. The van der Waals surface area contributed by atoms with E-state index in [1.807, 2.05) is 31.3 Å². The summed E-state index contributed by atoms with van der Waals surface area (Å²) in [5.41, 5.74) is 5.65. The van der Waals surface area contributed by atoms with Crippen LogP contribution in [-0.2, 0) is 4.79 Å². The van der Waals surface area contributed by atoms with Gasteiger partial charge in [-0.05, 0) is 53.7 Å². The van der Waals surface area contributed by atoms with Crippen LogP contribution in [0.4, 0.5) is 0 Å². The SMILES string of the molecule is C=C(/C(=C(/C)C(NC)C(C)CC(=O)CC(C)C)c1ccccc1)c1ccccc1. The number of Topliss-reactive ketones (excluding diaryl/α,β-unsaturated/α-hetero) is 1. The minimum atomic E-state index is 0.0989. The van der Waals surface area contributed by atoms with E-state index in [-0.39, 0.29) is 12.0 Å². The molecule has 2 aromatic carbocycles. The first kappa shape index (κ1) is 22.8. The molecule has 29 heavy (non-hydrogen) atoms. The number of hydrogen-bond acceptors (Lipinski definition) is 2. The fourth-order valence-electron chi connectivity index (χ4n) is 4.13. The van der Waals surface area contributed by atoms with Crippen LogP contribution in [-0.4, -0.2) is 18.9 Å². The van der Waals surface area contributed by atoms with Crippen molar-refractivity contribution in [2.24, 2.45) is 11.8 Å². The van der Waals surface area contributed by atoms with Gasteiger partial charge in [0.1, 0.15) is 5.78 Å². The second-order valence-corrected chi connectivity index (χ2v) is 8.35. The summed E-state index contributed by atoms with van der Waals surface area (Å²) in [4.78, 5) is 12.4. The molecular weight excluding hydrogens is 354 g/mol. The Morgan fingerprint density at radius 1 is 0.897 bits per heavy atom. The molecule has 0 aliphatic heterocycles. The Kier molecular flexibility index (Phi) is 8.60. The van der Waals surface area contributed by atoms with Gasteiger partial charge >= 0.3 is 0 Å². The van der Waals surface area contributed by atoms with Crippen molar-refractivity contribution in [2.45, 2.75) is 46.6 Å². The number of hydrogen-bond donors (Lipinski definition) is 1. The molecule has 0 aliphatic carbocycles. The smallest absolute Gasteiger partial charge is 0.133 e. The second kappa shape index (κ2) is 10.9. The number of carbonyl (C=O) groups is 1. The molecule has 0 fully saturated rings. The molecule has 0 saturated carbocycles. The van der Waals surface area contributed by atoms with Crippen molar-refractivity contribution in [1.82, 2.24) is 5.32 Å². The van der Waals surface area contributed by atoms with Crippen molar-refractivity contribution in [3.05, 3.63) is 83.9 Å². The third kappa shape index (κ3) is 6.27. The number of carbonyl (C=O) groups excluding carboxylic acids is 1. The summed E-state index contributed by atoms with van der Waals surface area (Å²) >= 11 is 0. The highest BCUT2D eigenvalue weighted by Crippen LogP contribution is 2.35. The van der Waals surface area contributed by atoms with Crippen molar-refractivity contribution in [2.75, 3.05) is 7.05 Å². The van der Waals surface area contributed by atoms with Gasteiger partial charge in [-0.15, -0.1) is 0 Å². The molecule has 0 bridgehead atoms. The van der Waals surface area contributed by atoms with Crippen LogP contribution in [0, 0.1) is 11.8 Å². The molecule has 0 saturated heterocycles. The van der Waals surface area contributed by atoms with E-state index in [2.05, 4.69) is 76.0 Å². The van der Waals surface area contributed by atoms with Gasteiger partial charge in [0.25, 0.3) is 0 Å². The number of allylic oxidation sites excluding steroid dienone is 2. The summed E-state index contributed by atoms with van der Waals surface area (Å²) in [5, 5.41) is 3.47. The van der Waals surface area contributed by atoms with Gasteiger partial charge in [-0.2, -0.15) is 0 Å². The molecule has 2 atom stereocenters. The summed E-state index contributed by atoms with van der Waals surface area (Å²) in [6, 6.07) is 20.8. The van der Waals surface area contributed by atoms with E-state index in [9.17, 15) is 4.79 Å². The molecule has 2 aromatic rings. The van der Waals surface area contributed by atoms with Crippen LogP contribution in [0.1, 0.15) is 51.7 Å². The minimum absolute atomic E-state index is 0.0989. The highest BCUT2D eigenvalue weighted by molar-refractivity contribution is 6.05. The predicted molar refractivity (Wildman–Crippen MR) is 126 cm³/mol. The molecule has 0 heterocycles. The van der Waals surface area contributed by atoms with Gasteiger partial charge in [-0.25, -0.2) is 0 Å². The maximum absolute atomic E-state index is 12.4. The van der Waals surface area contributed by atoms with Gasteiger partial charge in [0.05, 0.1) is 0 Å². The molecule has 1 N–H and O–H groups in total. The molecule has 0 spiro atoms. The number of nitrogens with one attached hydrogen (secondary N) is 1. The lowest BCUT2D eigenvalue weighted by atomic mass is 9.82. The molecule has 2 heteroatoms. The average molecular weight is 390 g/mol. The summed E-state index contributed by atoms with van der Waals surface area (Å²) in [5.74, 6) is 0.939. The van der Waals surface area contributed by atoms with Crippen LogP contribution in [0.15, 0.2) is 72.8 Å². The Morgan fingerprint density at radius 2 is 1.41 bits per heavy atom. The average Bonchev–Trinajstić information content (AvgIpc) is 2.69. The number of likely N-dealkylation sites (N-methyl/N-ethyl adjacent to an activating group) is 1. The molecule has 2 nitrogen and oxygen atoms in total. The van der Waals surface area contributed by atoms with Gasteiger partial charge in [0, 0.05) is 18.9 Å². The van der Waals surface area contributed by atoms with Crippen LogP contribution in [0.5, 0.6) is 0 Å². The number of rotatable bonds is 10. The molecule has 2 unspecified atom stereocenters. The lowest BCUT2D eigenvalue weighted by Crippen LogP contribution is -2.35. The van der Waals surface area contributed by atoms with E-state index in [0.29, 0.717) is 24.5 Å². The summed E-state index contributed by atoms with van der Waals surface area (Å²) < 4.78 is 0. The van der Waals surface area contributed by atoms with E-state index in [4.69, 9.17) is 0 Å². The molecule has 0 aromatic heterocycles. The lowest BCUT2D eigenvalue weighted by molar-refractivity contribution is -0.120. The Balaban J connectivity index is 2.45. The quantitative estimate of drug-likeness (QED) is 0.476. The largest absolute Gasteiger partial charge is 0.313 e. The Labute approximate surface area is 176 Å². The van der Waals surface area contributed by atoms with E-state index in [1.165, 1.54) is 5.57 Å². The van der Waals surface area contributed by atoms with Crippen molar-refractivity contribution >= 4 is 16.9 Å². The number of ketones is 1. The third-order valence-corrected chi connectivity index (χ3v) is 5.41. The topological polar surface area (TPSA) is 29.1 Å². The minimum Gasteiger partial charge on any atom is -0.313 e. The number of benzene rings is 2. The van der Waals surface area contributed by atoms with Crippen molar-refractivity contribution in [3.63, 3.8) is 0 Å². The van der Waals surface area contributed by atoms with Crippen LogP contribution in [0.25, 0.3) is 11.1 Å². The van der Waals surface area contributed by atoms with E-state index in [0.717, 1.165) is 22.3 Å². The fraction of sp³-hybridized carbons (Fsp3) is 0.370. The van der Waals surface area contributed by atoms with Gasteiger partial charge in [0.15, 0.2) is 0 Å². The van der Waals surface area contributed by atoms with Crippen LogP contribution in [0.3, 0.4) is 0 Å². The highest BCUT2D eigenvalue weighted by atomic mass is 16.1. The lowest BCUT2D eigenvalue weighted by Gasteiger charge is -2.28. The Morgan fingerprint density at radius 3 is 1.90 bits per heavy atom. The zero-order chi connectivity index (χ0) is 21.4. The molecule has 2 rings (SSSR count). The van der Waals surface area contributed by atoms with Gasteiger partial charge in [0.2, 0.25) is 0 Å². The van der Waals surface area contributed by atoms with Crippen molar-refractivity contribution in [1.29, 1.82) is 0 Å².